The van der Waals surface area contributed by atoms with Crippen LogP contribution in [-0.2, 0) is 0 Å². The van der Waals surface area contributed by atoms with E-state index in [-0.39, 0.29) is 0 Å². The first-order chi connectivity index (χ1) is 7.84. The zero-order valence-corrected chi connectivity index (χ0v) is 8.41. The summed E-state index contributed by atoms with van der Waals surface area (Å²) in [6.07, 6.45) is 5.03. The fourth-order valence-electron chi connectivity index (χ4n) is 1.63. The van der Waals surface area contributed by atoms with E-state index in [1.54, 1.807) is 23.3 Å². The third-order valence-corrected chi connectivity index (χ3v) is 2.37. The minimum atomic E-state index is 0.606. The van der Waals surface area contributed by atoms with E-state index >= 15 is 0 Å². The minimum Gasteiger partial charge on any atom is -0.396 e. The van der Waals surface area contributed by atoms with E-state index in [1.165, 1.54) is 0 Å². The average molecular weight is 211 g/mol. The molecule has 0 bridgehead atoms. The van der Waals surface area contributed by atoms with E-state index in [1.807, 2.05) is 24.3 Å². The zero-order chi connectivity index (χ0) is 11.0. The number of aromatic nitrogens is 4. The molecular formula is C11H9N5. The summed E-state index contributed by atoms with van der Waals surface area (Å²) in [7, 11) is 0. The van der Waals surface area contributed by atoms with Crippen molar-refractivity contribution in [2.24, 2.45) is 0 Å². The SMILES string of the molecule is Nc1cnn(-c2nncc3ccccc23)c1. The lowest BCUT2D eigenvalue weighted by Crippen LogP contribution is -2.00. The van der Waals surface area contributed by atoms with Crippen molar-refractivity contribution in [1.82, 2.24) is 20.0 Å². The molecule has 3 rings (SSSR count). The van der Waals surface area contributed by atoms with Crippen LogP contribution in [0.15, 0.2) is 42.9 Å². The highest BCUT2D eigenvalue weighted by Gasteiger charge is 2.05. The van der Waals surface area contributed by atoms with E-state index in [9.17, 15) is 0 Å². The molecule has 0 saturated heterocycles. The first kappa shape index (κ1) is 8.84. The molecule has 0 unspecified atom stereocenters. The number of nitrogen functional groups attached to an aromatic ring is 1. The molecule has 0 atom stereocenters. The van der Waals surface area contributed by atoms with Crippen molar-refractivity contribution < 1.29 is 0 Å². The predicted molar refractivity (Wildman–Crippen MR) is 61.1 cm³/mol. The maximum atomic E-state index is 5.63. The molecule has 78 valence electrons. The molecule has 2 aromatic heterocycles. The Labute approximate surface area is 91.5 Å². The van der Waals surface area contributed by atoms with Crippen LogP contribution >= 0.6 is 0 Å². The van der Waals surface area contributed by atoms with E-state index in [2.05, 4.69) is 15.3 Å². The van der Waals surface area contributed by atoms with Gasteiger partial charge >= 0.3 is 0 Å². The van der Waals surface area contributed by atoms with Crippen LogP contribution in [0, 0.1) is 0 Å². The molecule has 5 heteroatoms. The van der Waals surface area contributed by atoms with Crippen molar-refractivity contribution in [1.29, 1.82) is 0 Å². The second kappa shape index (κ2) is 3.30. The highest BCUT2D eigenvalue weighted by Crippen LogP contribution is 2.18. The second-order valence-corrected chi connectivity index (χ2v) is 3.47. The first-order valence-electron chi connectivity index (χ1n) is 4.85. The summed E-state index contributed by atoms with van der Waals surface area (Å²) in [6, 6.07) is 7.89. The van der Waals surface area contributed by atoms with Gasteiger partial charge in [-0.05, 0) is 0 Å². The molecule has 0 aliphatic carbocycles. The van der Waals surface area contributed by atoms with Crippen molar-refractivity contribution in [2.45, 2.75) is 0 Å². The van der Waals surface area contributed by atoms with Crippen LogP contribution in [0.25, 0.3) is 16.6 Å². The van der Waals surface area contributed by atoms with E-state index in [0.717, 1.165) is 10.8 Å². The van der Waals surface area contributed by atoms with Crippen LogP contribution in [0.2, 0.25) is 0 Å². The standard InChI is InChI=1S/C11H9N5/c12-9-6-14-16(7-9)11-10-4-2-1-3-8(10)5-13-15-11/h1-7H,12H2. The van der Waals surface area contributed by atoms with Crippen LogP contribution < -0.4 is 5.73 Å². The number of fused-ring (bicyclic) bond motifs is 1. The minimum absolute atomic E-state index is 0.606. The normalized spacial score (nSPS) is 10.8. The van der Waals surface area contributed by atoms with E-state index < -0.39 is 0 Å². The quantitative estimate of drug-likeness (QED) is 0.660. The Bertz CT molecular complexity index is 638. The number of nitrogens with zero attached hydrogens (tertiary/aromatic N) is 4. The maximum absolute atomic E-state index is 5.63. The molecule has 2 heterocycles. The van der Waals surface area contributed by atoms with Crippen LogP contribution in [0.5, 0.6) is 0 Å². The molecule has 0 aliphatic heterocycles. The van der Waals surface area contributed by atoms with E-state index in [4.69, 9.17) is 5.73 Å². The highest BCUT2D eigenvalue weighted by atomic mass is 15.3. The monoisotopic (exact) mass is 211 g/mol. The summed E-state index contributed by atoms with van der Waals surface area (Å²) >= 11 is 0. The Morgan fingerprint density at radius 1 is 1.12 bits per heavy atom. The van der Waals surface area contributed by atoms with Gasteiger partial charge < -0.3 is 5.73 Å². The molecule has 1 aromatic carbocycles. The van der Waals surface area contributed by atoms with Crippen LogP contribution in [0.3, 0.4) is 0 Å². The summed E-state index contributed by atoms with van der Waals surface area (Å²) in [5.41, 5.74) is 6.23. The van der Waals surface area contributed by atoms with Gasteiger partial charge in [0.15, 0.2) is 5.82 Å². The maximum Gasteiger partial charge on any atom is 0.183 e. The second-order valence-electron chi connectivity index (χ2n) is 3.47. The smallest absolute Gasteiger partial charge is 0.183 e. The fraction of sp³-hybridized carbons (Fsp3) is 0. The van der Waals surface area contributed by atoms with Gasteiger partial charge in [0.1, 0.15) is 0 Å². The molecule has 3 aromatic rings. The number of benzene rings is 1. The van der Waals surface area contributed by atoms with Gasteiger partial charge in [-0.2, -0.15) is 10.2 Å². The lowest BCUT2D eigenvalue weighted by molar-refractivity contribution is 0.826. The number of hydrogen-bond donors (Lipinski definition) is 1. The number of rotatable bonds is 1. The predicted octanol–water partition coefficient (Wildman–Crippen LogP) is 1.40. The van der Waals surface area contributed by atoms with Crippen molar-refractivity contribution in [3.05, 3.63) is 42.9 Å². The van der Waals surface area contributed by atoms with Gasteiger partial charge in [0.25, 0.3) is 0 Å². The van der Waals surface area contributed by atoms with Crippen molar-refractivity contribution >= 4 is 16.5 Å². The van der Waals surface area contributed by atoms with Crippen molar-refractivity contribution in [3.63, 3.8) is 0 Å². The summed E-state index contributed by atoms with van der Waals surface area (Å²) in [5, 5.41) is 14.2. The Balaban J connectivity index is 2.31. The number of nitrogens with two attached hydrogens (primary N) is 1. The summed E-state index contributed by atoms with van der Waals surface area (Å²) in [4.78, 5) is 0. The van der Waals surface area contributed by atoms with Gasteiger partial charge in [-0.15, -0.1) is 5.10 Å². The molecule has 2 N–H and O–H groups in total. The van der Waals surface area contributed by atoms with Crippen LogP contribution in [-0.4, -0.2) is 20.0 Å². The van der Waals surface area contributed by atoms with Crippen molar-refractivity contribution in [3.8, 4) is 5.82 Å². The Morgan fingerprint density at radius 3 is 2.81 bits per heavy atom. The lowest BCUT2D eigenvalue weighted by Gasteiger charge is -2.03. The van der Waals surface area contributed by atoms with Crippen LogP contribution in [0.1, 0.15) is 0 Å². The van der Waals surface area contributed by atoms with Gasteiger partial charge in [0, 0.05) is 10.8 Å². The Morgan fingerprint density at radius 2 is 2.00 bits per heavy atom. The Kier molecular flexibility index (Phi) is 1.83. The molecule has 0 amide bonds. The fourth-order valence-corrected chi connectivity index (χ4v) is 1.63. The van der Waals surface area contributed by atoms with Gasteiger partial charge in [-0.1, -0.05) is 24.3 Å². The van der Waals surface area contributed by atoms with Gasteiger partial charge in [0.05, 0.1) is 24.3 Å². The van der Waals surface area contributed by atoms with Gasteiger partial charge in [0.2, 0.25) is 0 Å². The molecule has 5 nitrogen and oxygen atoms in total. The van der Waals surface area contributed by atoms with E-state index in [0.29, 0.717) is 11.5 Å². The molecule has 0 aliphatic rings. The van der Waals surface area contributed by atoms with Gasteiger partial charge in [-0.3, -0.25) is 0 Å². The third-order valence-electron chi connectivity index (χ3n) is 2.37. The summed E-state index contributed by atoms with van der Waals surface area (Å²) < 4.78 is 1.63. The first-order valence-corrected chi connectivity index (χ1v) is 4.85. The van der Waals surface area contributed by atoms with Crippen molar-refractivity contribution in [2.75, 3.05) is 5.73 Å². The summed E-state index contributed by atoms with van der Waals surface area (Å²) in [6.45, 7) is 0. The van der Waals surface area contributed by atoms with Crippen LogP contribution in [0.4, 0.5) is 5.69 Å². The topological polar surface area (TPSA) is 69.6 Å². The molecule has 0 radical (unpaired) electrons. The Hall–Kier alpha value is -2.43. The largest absolute Gasteiger partial charge is 0.396 e. The summed E-state index contributed by atoms with van der Waals surface area (Å²) in [5.74, 6) is 0.690. The molecule has 0 spiro atoms. The molecule has 0 fully saturated rings. The zero-order valence-electron chi connectivity index (χ0n) is 8.41. The number of hydrogen-bond acceptors (Lipinski definition) is 4. The molecule has 0 saturated carbocycles. The van der Waals surface area contributed by atoms with Gasteiger partial charge in [-0.25, -0.2) is 4.68 Å². The number of anilines is 1. The molecular weight excluding hydrogens is 202 g/mol. The average Bonchev–Trinajstić information content (AvgIpc) is 2.75. The highest BCUT2D eigenvalue weighted by molar-refractivity contribution is 5.87. The molecule has 16 heavy (non-hydrogen) atoms. The lowest BCUT2D eigenvalue weighted by atomic mass is 10.2. The third kappa shape index (κ3) is 1.30.